The molecule has 6 nitrogen and oxygen atoms in total. The largest absolute Gasteiger partial charge is 0.497 e. The minimum absolute atomic E-state index is 0.0148. The average molecular weight is 405 g/mol. The molecule has 156 valence electrons. The molecule has 1 saturated heterocycles. The zero-order chi connectivity index (χ0) is 21.1. The molecule has 30 heavy (non-hydrogen) atoms. The summed E-state index contributed by atoms with van der Waals surface area (Å²) in [6, 6.07) is 13.6. The highest BCUT2D eigenvalue weighted by Gasteiger charge is 2.26. The lowest BCUT2D eigenvalue weighted by molar-refractivity contribution is 0.0712. The zero-order valence-corrected chi connectivity index (χ0v) is 17.7. The van der Waals surface area contributed by atoms with E-state index in [9.17, 15) is 4.79 Å². The quantitative estimate of drug-likeness (QED) is 0.638. The van der Waals surface area contributed by atoms with Gasteiger partial charge in [-0.1, -0.05) is 17.7 Å². The smallest absolute Gasteiger partial charge is 0.254 e. The second-order valence-electron chi connectivity index (χ2n) is 7.72. The molecule has 0 spiro atoms. The van der Waals surface area contributed by atoms with Crippen molar-refractivity contribution in [2.45, 2.75) is 25.7 Å². The molecule has 2 aromatic carbocycles. The van der Waals surface area contributed by atoms with Gasteiger partial charge in [0.1, 0.15) is 11.5 Å². The minimum atomic E-state index is 0.0148. The van der Waals surface area contributed by atoms with Crippen LogP contribution < -0.4 is 9.47 Å². The van der Waals surface area contributed by atoms with Gasteiger partial charge in [0.05, 0.1) is 26.1 Å². The van der Waals surface area contributed by atoms with Gasteiger partial charge in [0.2, 0.25) is 0 Å². The van der Waals surface area contributed by atoms with Crippen LogP contribution in [0.5, 0.6) is 11.5 Å². The first-order valence-electron chi connectivity index (χ1n) is 10.2. The molecule has 1 aromatic heterocycles. The predicted molar refractivity (Wildman–Crippen MR) is 116 cm³/mol. The summed E-state index contributed by atoms with van der Waals surface area (Å²) in [5.41, 5.74) is 4.12. The van der Waals surface area contributed by atoms with Crippen molar-refractivity contribution in [1.29, 1.82) is 0 Å². The normalized spacial score (nSPS) is 14.6. The highest BCUT2D eigenvalue weighted by atomic mass is 16.5. The minimum Gasteiger partial charge on any atom is -0.497 e. The Morgan fingerprint density at radius 3 is 2.23 bits per heavy atom. The Morgan fingerprint density at radius 2 is 1.63 bits per heavy atom. The number of carbonyl (C=O) groups excluding carboxylic acids is 1. The van der Waals surface area contributed by atoms with Crippen molar-refractivity contribution in [3.8, 4) is 17.2 Å². The third-order valence-electron chi connectivity index (χ3n) is 5.75. The van der Waals surface area contributed by atoms with Gasteiger partial charge in [-0.15, -0.1) is 0 Å². The first-order valence-corrected chi connectivity index (χ1v) is 10.2. The van der Waals surface area contributed by atoms with Gasteiger partial charge in [-0.25, -0.2) is 4.68 Å². The number of hydrogen-bond donors (Lipinski definition) is 0. The lowest BCUT2D eigenvalue weighted by Gasteiger charge is -2.31. The number of rotatable bonds is 5. The fourth-order valence-corrected chi connectivity index (χ4v) is 3.92. The Labute approximate surface area is 177 Å². The number of hydrogen-bond acceptors (Lipinski definition) is 4. The summed E-state index contributed by atoms with van der Waals surface area (Å²) in [6.45, 7) is 3.52. The van der Waals surface area contributed by atoms with E-state index in [-0.39, 0.29) is 5.91 Å². The second-order valence-corrected chi connectivity index (χ2v) is 7.72. The fraction of sp³-hybridized carbons (Fsp3) is 0.333. The maximum atomic E-state index is 13.0. The molecule has 1 fully saturated rings. The number of likely N-dealkylation sites (tertiary alicyclic amines) is 1. The lowest BCUT2D eigenvalue weighted by atomic mass is 9.91. The van der Waals surface area contributed by atoms with E-state index in [0.717, 1.165) is 31.6 Å². The number of methoxy groups -OCH3 is 2. The van der Waals surface area contributed by atoms with Crippen LogP contribution in [-0.2, 0) is 0 Å². The van der Waals surface area contributed by atoms with Crippen LogP contribution in [0, 0.1) is 6.92 Å². The number of aromatic nitrogens is 2. The Morgan fingerprint density at radius 1 is 1.00 bits per heavy atom. The Kier molecular flexibility index (Phi) is 5.74. The molecule has 0 unspecified atom stereocenters. The first kappa shape index (κ1) is 20.0. The van der Waals surface area contributed by atoms with E-state index in [4.69, 9.17) is 9.47 Å². The van der Waals surface area contributed by atoms with Crippen molar-refractivity contribution < 1.29 is 14.3 Å². The van der Waals surface area contributed by atoms with Crippen LogP contribution in [0.25, 0.3) is 5.69 Å². The predicted octanol–water partition coefficient (Wildman–Crippen LogP) is 4.22. The standard InChI is InChI=1S/C24H27N3O3/c1-17-4-6-21(7-5-17)27-16-20(15-25-27)18-8-10-26(11-9-18)24(28)19-12-22(29-2)14-23(13-19)30-3/h4-7,12-16,18H,8-11H2,1-3H3. The van der Waals surface area contributed by atoms with Crippen LogP contribution in [-0.4, -0.2) is 47.9 Å². The van der Waals surface area contributed by atoms with E-state index in [1.165, 1.54) is 11.1 Å². The summed E-state index contributed by atoms with van der Waals surface area (Å²) in [7, 11) is 3.18. The molecule has 0 atom stereocenters. The van der Waals surface area contributed by atoms with E-state index in [1.54, 1.807) is 32.4 Å². The van der Waals surface area contributed by atoms with Gasteiger partial charge in [-0.2, -0.15) is 5.10 Å². The van der Waals surface area contributed by atoms with Crippen LogP contribution in [0.1, 0.15) is 40.2 Å². The summed E-state index contributed by atoms with van der Waals surface area (Å²) in [5, 5.41) is 4.54. The van der Waals surface area contributed by atoms with E-state index in [1.807, 2.05) is 15.8 Å². The van der Waals surface area contributed by atoms with E-state index >= 15 is 0 Å². The molecule has 0 N–H and O–H groups in total. The van der Waals surface area contributed by atoms with Gasteiger partial charge in [0.15, 0.2) is 0 Å². The summed E-state index contributed by atoms with van der Waals surface area (Å²) >= 11 is 0. The first-order chi connectivity index (χ1) is 14.6. The van der Waals surface area contributed by atoms with Crippen molar-refractivity contribution in [3.05, 3.63) is 71.5 Å². The summed E-state index contributed by atoms with van der Waals surface area (Å²) < 4.78 is 12.5. The number of nitrogens with zero attached hydrogens (tertiary/aromatic N) is 3. The van der Waals surface area contributed by atoms with Crippen LogP contribution in [0.15, 0.2) is 54.9 Å². The second kappa shape index (κ2) is 8.61. The van der Waals surface area contributed by atoms with Crippen molar-refractivity contribution >= 4 is 5.91 Å². The van der Waals surface area contributed by atoms with Crippen molar-refractivity contribution in [2.24, 2.45) is 0 Å². The maximum Gasteiger partial charge on any atom is 0.254 e. The molecule has 3 aromatic rings. The summed E-state index contributed by atoms with van der Waals surface area (Å²) in [4.78, 5) is 14.9. The number of benzene rings is 2. The number of aryl methyl sites for hydroxylation is 1. The topological polar surface area (TPSA) is 56.6 Å². The van der Waals surface area contributed by atoms with Gasteiger partial charge in [0.25, 0.3) is 5.91 Å². The molecule has 4 rings (SSSR count). The Bertz CT molecular complexity index is 996. The fourth-order valence-electron chi connectivity index (χ4n) is 3.92. The van der Waals surface area contributed by atoms with Gasteiger partial charge in [-0.05, 0) is 55.5 Å². The molecule has 2 heterocycles. The zero-order valence-electron chi connectivity index (χ0n) is 17.7. The lowest BCUT2D eigenvalue weighted by Crippen LogP contribution is -2.37. The SMILES string of the molecule is COc1cc(OC)cc(C(=O)N2CCC(c3cnn(-c4ccc(C)cc4)c3)CC2)c1. The molecule has 1 aliphatic rings. The molecule has 0 radical (unpaired) electrons. The number of carbonyl (C=O) groups is 1. The third-order valence-corrected chi connectivity index (χ3v) is 5.75. The number of ether oxygens (including phenoxy) is 2. The molecular formula is C24H27N3O3. The van der Waals surface area contributed by atoms with Crippen LogP contribution in [0.2, 0.25) is 0 Å². The van der Waals surface area contributed by atoms with Crippen LogP contribution in [0.4, 0.5) is 0 Å². The van der Waals surface area contributed by atoms with E-state index in [0.29, 0.717) is 23.0 Å². The molecule has 1 aliphatic heterocycles. The van der Waals surface area contributed by atoms with E-state index in [2.05, 4.69) is 42.5 Å². The summed E-state index contributed by atoms with van der Waals surface area (Å²) in [5.74, 6) is 1.67. The van der Waals surface area contributed by atoms with Crippen LogP contribution >= 0.6 is 0 Å². The highest BCUT2D eigenvalue weighted by Crippen LogP contribution is 2.30. The molecule has 1 amide bonds. The highest BCUT2D eigenvalue weighted by molar-refractivity contribution is 5.95. The van der Waals surface area contributed by atoms with Gasteiger partial charge in [-0.3, -0.25) is 4.79 Å². The number of amides is 1. The Balaban J connectivity index is 1.42. The monoisotopic (exact) mass is 405 g/mol. The molecule has 0 saturated carbocycles. The van der Waals surface area contributed by atoms with Crippen molar-refractivity contribution in [2.75, 3.05) is 27.3 Å². The third kappa shape index (κ3) is 4.17. The number of piperidine rings is 1. The average Bonchev–Trinajstić information content (AvgIpc) is 3.29. The van der Waals surface area contributed by atoms with Gasteiger partial charge in [0, 0.05) is 30.9 Å². The molecule has 0 aliphatic carbocycles. The summed E-state index contributed by atoms with van der Waals surface area (Å²) in [6.07, 6.45) is 5.91. The van der Waals surface area contributed by atoms with Gasteiger partial charge >= 0.3 is 0 Å². The molecule has 0 bridgehead atoms. The Hall–Kier alpha value is -3.28. The van der Waals surface area contributed by atoms with Crippen molar-refractivity contribution in [1.82, 2.24) is 14.7 Å². The maximum absolute atomic E-state index is 13.0. The molecular weight excluding hydrogens is 378 g/mol. The molecule has 6 heteroatoms. The van der Waals surface area contributed by atoms with Crippen LogP contribution in [0.3, 0.4) is 0 Å². The van der Waals surface area contributed by atoms with Crippen molar-refractivity contribution in [3.63, 3.8) is 0 Å². The van der Waals surface area contributed by atoms with Gasteiger partial charge < -0.3 is 14.4 Å². The van der Waals surface area contributed by atoms with E-state index < -0.39 is 0 Å².